The molecule has 234 valence electrons. The zero-order valence-electron chi connectivity index (χ0n) is 24.8. The Morgan fingerprint density at radius 1 is 1.09 bits per heavy atom. The van der Waals surface area contributed by atoms with E-state index < -0.39 is 17.8 Å². The fraction of sp³-hybridized carbons (Fsp3) is 0.400. The van der Waals surface area contributed by atoms with Gasteiger partial charge in [-0.15, -0.1) is 0 Å². The number of ether oxygens (including phenoxy) is 1. The van der Waals surface area contributed by atoms with Crippen LogP contribution in [0.3, 0.4) is 0 Å². The maximum absolute atomic E-state index is 14.9. The number of rotatable bonds is 6. The van der Waals surface area contributed by atoms with Crippen molar-refractivity contribution in [1.29, 1.82) is 0 Å². The van der Waals surface area contributed by atoms with Gasteiger partial charge in [-0.05, 0) is 30.3 Å². The minimum Gasteiger partial charge on any atom is -0.495 e. The van der Waals surface area contributed by atoms with Crippen LogP contribution in [0.4, 0.5) is 10.1 Å². The van der Waals surface area contributed by atoms with Crippen molar-refractivity contribution >= 4 is 46.6 Å². The molecule has 5 rings (SSSR count). The maximum Gasteiger partial charge on any atom is 0.291 e. The molecule has 2 saturated heterocycles. The standard InChI is InChI=1S/C30H33Cl2FN6O5/c1-36-22(20-7-8-24(44-4)25(32)26(20)33)15-34-27(36)28(41)35-17-5-6-19(21(31)13-17)29(42)37-9-11-38(12-10-37)30(43)23-14-18(40)16-39(23,2)3/h5-8,13,15,18,23,40H,9-12,14,16H2,1-4H3/p+1/t18-,23+/m1/s1. The van der Waals surface area contributed by atoms with Crippen molar-refractivity contribution in [3.05, 3.63) is 63.8 Å². The Morgan fingerprint density at radius 2 is 1.77 bits per heavy atom. The number of aliphatic hydroxyl groups is 1. The quantitative estimate of drug-likeness (QED) is 0.397. The van der Waals surface area contributed by atoms with E-state index in [4.69, 9.17) is 27.9 Å². The second-order valence-electron chi connectivity index (χ2n) is 11.6. The summed E-state index contributed by atoms with van der Waals surface area (Å²) in [5.41, 5.74) is 1.10. The summed E-state index contributed by atoms with van der Waals surface area (Å²) >= 11 is 12.5. The number of amides is 3. The van der Waals surface area contributed by atoms with Gasteiger partial charge < -0.3 is 34.0 Å². The molecule has 2 aromatic carbocycles. The number of quaternary nitrogens is 1. The van der Waals surface area contributed by atoms with Crippen LogP contribution in [0.2, 0.25) is 10.0 Å². The molecule has 2 aliphatic rings. The van der Waals surface area contributed by atoms with E-state index in [0.717, 1.165) is 0 Å². The maximum atomic E-state index is 14.9. The third kappa shape index (κ3) is 5.99. The number of carbonyl (C=O) groups is 3. The number of hydrogen-bond acceptors (Lipinski definition) is 6. The minimum atomic E-state index is -0.696. The van der Waals surface area contributed by atoms with E-state index in [2.05, 4.69) is 10.3 Å². The number of halogens is 3. The number of aliphatic hydroxyl groups excluding tert-OH is 1. The van der Waals surface area contributed by atoms with Crippen LogP contribution < -0.4 is 10.1 Å². The number of aromatic nitrogens is 2. The number of carbonyl (C=O) groups excluding carboxylic acids is 3. The highest BCUT2D eigenvalue weighted by Gasteiger charge is 2.46. The van der Waals surface area contributed by atoms with Crippen molar-refractivity contribution in [3.63, 3.8) is 0 Å². The van der Waals surface area contributed by atoms with Gasteiger partial charge in [-0.2, -0.15) is 0 Å². The average Bonchev–Trinajstić information content (AvgIpc) is 3.50. The van der Waals surface area contributed by atoms with Crippen LogP contribution in [-0.2, 0) is 11.8 Å². The van der Waals surface area contributed by atoms with Gasteiger partial charge >= 0.3 is 0 Å². The lowest BCUT2D eigenvalue weighted by Gasteiger charge is -2.38. The van der Waals surface area contributed by atoms with Gasteiger partial charge in [0.25, 0.3) is 17.7 Å². The molecule has 2 N–H and O–H groups in total. The zero-order valence-corrected chi connectivity index (χ0v) is 26.3. The van der Waals surface area contributed by atoms with Crippen molar-refractivity contribution in [2.24, 2.45) is 7.05 Å². The third-order valence-electron chi connectivity index (χ3n) is 8.38. The van der Waals surface area contributed by atoms with Crippen molar-refractivity contribution in [3.8, 4) is 17.0 Å². The molecule has 2 atom stereocenters. The minimum absolute atomic E-state index is 0.00505. The molecule has 44 heavy (non-hydrogen) atoms. The molecule has 0 unspecified atom stereocenters. The topological polar surface area (TPSA) is 117 Å². The first kappa shape index (κ1) is 31.7. The number of likely N-dealkylation sites (tertiary alicyclic amines) is 1. The third-order valence-corrected chi connectivity index (χ3v) is 9.04. The highest BCUT2D eigenvalue weighted by atomic mass is 35.5. The molecule has 3 aromatic rings. The SMILES string of the molecule is COc1ccc(-c2cnc(C(=O)Nc3ccc(C(=O)N4CCN(C(=O)[C@@H]5C[C@@H](O)C[N+]5(C)C)CC4)c(Cl)c3)n2C)c(F)c1Cl. The molecule has 0 bridgehead atoms. The van der Waals surface area contributed by atoms with E-state index in [1.807, 2.05) is 14.1 Å². The van der Waals surface area contributed by atoms with Crippen LogP contribution >= 0.6 is 23.2 Å². The smallest absolute Gasteiger partial charge is 0.291 e. The number of hydrogen-bond donors (Lipinski definition) is 2. The van der Waals surface area contributed by atoms with Crippen LogP contribution in [0.25, 0.3) is 11.3 Å². The lowest BCUT2D eigenvalue weighted by molar-refractivity contribution is -0.894. The van der Waals surface area contributed by atoms with Gasteiger partial charge in [0.15, 0.2) is 17.7 Å². The number of nitrogens with zero attached hydrogens (tertiary/aromatic N) is 5. The average molecular weight is 649 g/mol. The molecule has 3 heterocycles. The van der Waals surface area contributed by atoms with Crippen LogP contribution in [0, 0.1) is 5.82 Å². The lowest BCUT2D eigenvalue weighted by Crippen LogP contribution is -2.58. The number of benzene rings is 2. The van der Waals surface area contributed by atoms with Gasteiger partial charge in [-0.1, -0.05) is 23.2 Å². The summed E-state index contributed by atoms with van der Waals surface area (Å²) in [4.78, 5) is 47.0. The summed E-state index contributed by atoms with van der Waals surface area (Å²) in [6, 6.07) is 7.30. The second kappa shape index (κ2) is 12.4. The molecule has 2 aliphatic heterocycles. The van der Waals surface area contributed by atoms with Crippen molar-refractivity contribution in [2.45, 2.75) is 18.6 Å². The Morgan fingerprint density at radius 3 is 2.39 bits per heavy atom. The molecule has 0 spiro atoms. The lowest BCUT2D eigenvalue weighted by atomic mass is 10.1. The first-order chi connectivity index (χ1) is 20.8. The van der Waals surface area contributed by atoms with Crippen LogP contribution in [0.1, 0.15) is 27.4 Å². The van der Waals surface area contributed by atoms with Gasteiger partial charge in [0.05, 0.1) is 43.7 Å². The Kier molecular flexibility index (Phi) is 8.90. The summed E-state index contributed by atoms with van der Waals surface area (Å²) in [5.74, 6) is -1.34. The number of nitrogens with one attached hydrogen (secondary N) is 1. The summed E-state index contributed by atoms with van der Waals surface area (Å²) in [6.45, 7) is 2.02. The van der Waals surface area contributed by atoms with E-state index in [1.165, 1.54) is 42.1 Å². The number of likely N-dealkylation sites (N-methyl/N-ethyl adjacent to an activating group) is 1. The highest BCUT2D eigenvalue weighted by Crippen LogP contribution is 2.34. The molecule has 2 fully saturated rings. The van der Waals surface area contributed by atoms with Gasteiger partial charge in [0.2, 0.25) is 0 Å². The normalized spacial score (nSPS) is 19.6. The largest absolute Gasteiger partial charge is 0.495 e. The molecule has 0 radical (unpaired) electrons. The van der Waals surface area contributed by atoms with E-state index in [9.17, 15) is 23.9 Å². The summed E-state index contributed by atoms with van der Waals surface area (Å²) in [7, 11) is 6.85. The zero-order chi connectivity index (χ0) is 31.9. The van der Waals surface area contributed by atoms with Gasteiger partial charge in [-0.3, -0.25) is 14.4 Å². The molecule has 3 amide bonds. The van der Waals surface area contributed by atoms with Gasteiger partial charge in [0.1, 0.15) is 23.4 Å². The fourth-order valence-electron chi connectivity index (χ4n) is 5.91. The molecule has 0 saturated carbocycles. The Hall–Kier alpha value is -3.71. The monoisotopic (exact) mass is 647 g/mol. The second-order valence-corrected chi connectivity index (χ2v) is 12.4. The van der Waals surface area contributed by atoms with E-state index >= 15 is 0 Å². The summed E-state index contributed by atoms with van der Waals surface area (Å²) < 4.78 is 21.8. The Balaban J connectivity index is 1.22. The van der Waals surface area contributed by atoms with Crippen LogP contribution in [0.15, 0.2) is 36.5 Å². The molecule has 1 aromatic heterocycles. The first-order valence-corrected chi connectivity index (χ1v) is 14.8. The van der Waals surface area contributed by atoms with Crippen molar-refractivity contribution in [1.82, 2.24) is 19.4 Å². The Bertz CT molecular complexity index is 1620. The van der Waals surface area contributed by atoms with E-state index in [-0.39, 0.29) is 50.6 Å². The predicted octanol–water partition coefficient (Wildman–Crippen LogP) is 3.29. The first-order valence-electron chi connectivity index (χ1n) is 14.1. The predicted molar refractivity (Wildman–Crippen MR) is 163 cm³/mol. The number of anilines is 1. The van der Waals surface area contributed by atoms with Crippen molar-refractivity contribution < 1.29 is 33.1 Å². The van der Waals surface area contributed by atoms with Gasteiger partial charge in [-0.25, -0.2) is 9.37 Å². The number of methoxy groups -OCH3 is 1. The van der Waals surface area contributed by atoms with Crippen LogP contribution in [0.5, 0.6) is 5.75 Å². The van der Waals surface area contributed by atoms with Crippen LogP contribution in [-0.4, -0.2) is 113 Å². The molecule has 14 heteroatoms. The van der Waals surface area contributed by atoms with Crippen molar-refractivity contribution in [2.75, 3.05) is 59.2 Å². The number of imidazole rings is 1. The molecule has 11 nitrogen and oxygen atoms in total. The fourth-order valence-corrected chi connectivity index (χ4v) is 6.41. The molecular formula is C30H34Cl2FN6O5+. The van der Waals surface area contributed by atoms with E-state index in [1.54, 1.807) is 22.9 Å². The van der Waals surface area contributed by atoms with E-state index in [0.29, 0.717) is 55.0 Å². The Labute approximate surface area is 264 Å². The number of piperazine rings is 1. The summed E-state index contributed by atoms with van der Waals surface area (Å²) in [5, 5.41) is 12.8. The highest BCUT2D eigenvalue weighted by molar-refractivity contribution is 6.34. The van der Waals surface area contributed by atoms with Gasteiger partial charge in [0, 0.05) is 50.9 Å². The molecule has 0 aliphatic carbocycles. The summed E-state index contributed by atoms with van der Waals surface area (Å²) in [6.07, 6.45) is 1.30. The molecular weight excluding hydrogens is 614 g/mol.